The van der Waals surface area contributed by atoms with E-state index in [1.165, 1.54) is 12.1 Å². The van der Waals surface area contributed by atoms with Crippen LogP contribution in [-0.2, 0) is 4.79 Å². The molecule has 0 aromatic rings. The minimum atomic E-state index is 0.244. The molecule has 1 aliphatic heterocycles. The number of carbonyl (C=O) groups excluding carboxylic acids is 1. The number of allylic oxidation sites excluding steroid dienone is 2. The number of nitrogens with zero attached hydrogens (tertiary/aromatic N) is 1. The standard InChI is InChI=1S/C9H15NO/c1-3-9(11)7-8-5-4-6-10(8)2/h7H,3-6H2,1-2H3/b8-7-. The first-order valence-corrected chi connectivity index (χ1v) is 4.18. The highest BCUT2D eigenvalue weighted by molar-refractivity contribution is 5.89. The molecule has 1 aliphatic rings. The SMILES string of the molecule is CCC(=O)/C=C1/CCCN1C. The van der Waals surface area contributed by atoms with Gasteiger partial charge in [0.25, 0.3) is 0 Å². The molecule has 0 unspecified atom stereocenters. The molecule has 0 saturated carbocycles. The van der Waals surface area contributed by atoms with Crippen molar-refractivity contribution < 1.29 is 4.79 Å². The molecule has 62 valence electrons. The summed E-state index contributed by atoms with van der Waals surface area (Å²) in [7, 11) is 2.04. The molecular formula is C9H15NO. The molecule has 2 nitrogen and oxygen atoms in total. The van der Waals surface area contributed by atoms with Gasteiger partial charge in [0.2, 0.25) is 0 Å². The van der Waals surface area contributed by atoms with Gasteiger partial charge in [0, 0.05) is 31.8 Å². The number of hydrogen-bond acceptors (Lipinski definition) is 2. The Hall–Kier alpha value is -0.790. The van der Waals surface area contributed by atoms with E-state index in [0.29, 0.717) is 6.42 Å². The maximum atomic E-state index is 11.0. The minimum Gasteiger partial charge on any atom is -0.378 e. The first kappa shape index (κ1) is 8.31. The Bertz CT molecular complexity index is 184. The van der Waals surface area contributed by atoms with Gasteiger partial charge >= 0.3 is 0 Å². The lowest BCUT2D eigenvalue weighted by atomic mass is 10.2. The van der Waals surface area contributed by atoms with E-state index < -0.39 is 0 Å². The van der Waals surface area contributed by atoms with Crippen molar-refractivity contribution in [2.45, 2.75) is 26.2 Å². The van der Waals surface area contributed by atoms with E-state index in [1.54, 1.807) is 6.08 Å². The Kier molecular flexibility index (Phi) is 2.69. The molecule has 0 amide bonds. The first-order valence-electron chi connectivity index (χ1n) is 4.18. The molecule has 0 spiro atoms. The second-order valence-corrected chi connectivity index (χ2v) is 2.98. The maximum absolute atomic E-state index is 11.0. The maximum Gasteiger partial charge on any atom is 0.157 e. The van der Waals surface area contributed by atoms with Crippen LogP contribution in [0.15, 0.2) is 11.8 Å². The Morgan fingerprint density at radius 2 is 2.45 bits per heavy atom. The van der Waals surface area contributed by atoms with E-state index in [2.05, 4.69) is 4.90 Å². The second-order valence-electron chi connectivity index (χ2n) is 2.98. The van der Waals surface area contributed by atoms with Crippen LogP contribution in [-0.4, -0.2) is 24.3 Å². The Labute approximate surface area is 67.9 Å². The molecule has 1 saturated heterocycles. The van der Waals surface area contributed by atoms with Gasteiger partial charge in [-0.25, -0.2) is 0 Å². The van der Waals surface area contributed by atoms with Crippen molar-refractivity contribution in [3.63, 3.8) is 0 Å². The summed E-state index contributed by atoms with van der Waals surface area (Å²) in [6.07, 6.45) is 4.67. The van der Waals surface area contributed by atoms with Gasteiger partial charge in [-0.2, -0.15) is 0 Å². The average Bonchev–Trinajstić information content (AvgIpc) is 2.37. The molecule has 0 N–H and O–H groups in total. The lowest BCUT2D eigenvalue weighted by molar-refractivity contribution is -0.114. The highest BCUT2D eigenvalue weighted by atomic mass is 16.1. The third kappa shape index (κ3) is 2.07. The van der Waals surface area contributed by atoms with Crippen LogP contribution in [0.2, 0.25) is 0 Å². The summed E-state index contributed by atoms with van der Waals surface area (Å²) >= 11 is 0. The number of rotatable bonds is 2. The molecule has 0 atom stereocenters. The van der Waals surface area contributed by atoms with Crippen LogP contribution < -0.4 is 0 Å². The topological polar surface area (TPSA) is 20.3 Å². The van der Waals surface area contributed by atoms with Crippen molar-refractivity contribution in [3.05, 3.63) is 11.8 Å². The molecule has 0 radical (unpaired) electrons. The largest absolute Gasteiger partial charge is 0.378 e. The molecule has 11 heavy (non-hydrogen) atoms. The third-order valence-electron chi connectivity index (χ3n) is 2.09. The van der Waals surface area contributed by atoms with Crippen molar-refractivity contribution in [1.29, 1.82) is 0 Å². The minimum absolute atomic E-state index is 0.244. The highest BCUT2D eigenvalue weighted by Crippen LogP contribution is 2.18. The zero-order valence-electron chi connectivity index (χ0n) is 7.26. The summed E-state index contributed by atoms with van der Waals surface area (Å²) in [5.74, 6) is 0.244. The predicted octanol–water partition coefficient (Wildman–Crippen LogP) is 1.57. The molecule has 1 fully saturated rings. The van der Waals surface area contributed by atoms with Gasteiger partial charge in [0.1, 0.15) is 0 Å². The Morgan fingerprint density at radius 1 is 1.73 bits per heavy atom. The second kappa shape index (κ2) is 3.56. The molecule has 1 heterocycles. The van der Waals surface area contributed by atoms with Gasteiger partial charge in [-0.1, -0.05) is 6.92 Å². The van der Waals surface area contributed by atoms with E-state index in [0.717, 1.165) is 13.0 Å². The van der Waals surface area contributed by atoms with Gasteiger partial charge in [-0.15, -0.1) is 0 Å². The third-order valence-corrected chi connectivity index (χ3v) is 2.09. The summed E-state index contributed by atoms with van der Waals surface area (Å²) in [6.45, 7) is 3.00. The van der Waals surface area contributed by atoms with E-state index in [1.807, 2.05) is 14.0 Å². The van der Waals surface area contributed by atoms with Crippen molar-refractivity contribution in [2.24, 2.45) is 0 Å². The fourth-order valence-electron chi connectivity index (χ4n) is 1.30. The molecule has 1 rings (SSSR count). The van der Waals surface area contributed by atoms with Gasteiger partial charge in [-0.3, -0.25) is 4.79 Å². The zero-order chi connectivity index (χ0) is 8.27. The van der Waals surface area contributed by atoms with Crippen molar-refractivity contribution in [3.8, 4) is 0 Å². The molecule has 2 heteroatoms. The van der Waals surface area contributed by atoms with Crippen LogP contribution in [0.25, 0.3) is 0 Å². The van der Waals surface area contributed by atoms with Crippen molar-refractivity contribution in [1.82, 2.24) is 4.90 Å². The van der Waals surface area contributed by atoms with Gasteiger partial charge < -0.3 is 4.90 Å². The zero-order valence-corrected chi connectivity index (χ0v) is 7.26. The lowest BCUT2D eigenvalue weighted by Gasteiger charge is -2.11. The van der Waals surface area contributed by atoms with Crippen molar-refractivity contribution in [2.75, 3.05) is 13.6 Å². The first-order chi connectivity index (χ1) is 5.24. The predicted molar refractivity (Wildman–Crippen MR) is 45.2 cm³/mol. The fourth-order valence-corrected chi connectivity index (χ4v) is 1.30. The molecule has 0 aliphatic carbocycles. The van der Waals surface area contributed by atoms with Crippen molar-refractivity contribution >= 4 is 5.78 Å². The summed E-state index contributed by atoms with van der Waals surface area (Å²) in [6, 6.07) is 0. The highest BCUT2D eigenvalue weighted by Gasteiger charge is 2.12. The van der Waals surface area contributed by atoms with E-state index in [-0.39, 0.29) is 5.78 Å². The van der Waals surface area contributed by atoms with Crippen LogP contribution in [0.4, 0.5) is 0 Å². The number of carbonyl (C=O) groups is 1. The van der Waals surface area contributed by atoms with Crippen LogP contribution >= 0.6 is 0 Å². The quantitative estimate of drug-likeness (QED) is 0.561. The van der Waals surface area contributed by atoms with Crippen LogP contribution in [0, 0.1) is 0 Å². The Morgan fingerprint density at radius 3 is 2.91 bits per heavy atom. The van der Waals surface area contributed by atoms with Gasteiger partial charge in [0.05, 0.1) is 0 Å². The average molecular weight is 153 g/mol. The van der Waals surface area contributed by atoms with Crippen LogP contribution in [0.3, 0.4) is 0 Å². The summed E-state index contributed by atoms with van der Waals surface area (Å²) in [5.41, 5.74) is 1.21. The monoisotopic (exact) mass is 153 g/mol. The molecular weight excluding hydrogens is 138 g/mol. The number of ketones is 1. The van der Waals surface area contributed by atoms with E-state index in [4.69, 9.17) is 0 Å². The van der Waals surface area contributed by atoms with Crippen LogP contribution in [0.5, 0.6) is 0 Å². The molecule has 0 aromatic heterocycles. The van der Waals surface area contributed by atoms with E-state index >= 15 is 0 Å². The normalized spacial score (nSPS) is 21.3. The number of likely N-dealkylation sites (tertiary alicyclic amines) is 1. The van der Waals surface area contributed by atoms with Crippen LogP contribution in [0.1, 0.15) is 26.2 Å². The van der Waals surface area contributed by atoms with E-state index in [9.17, 15) is 4.79 Å². The fraction of sp³-hybridized carbons (Fsp3) is 0.667. The molecule has 0 aromatic carbocycles. The Balaban J connectivity index is 2.57. The summed E-state index contributed by atoms with van der Waals surface area (Å²) in [5, 5.41) is 0. The van der Waals surface area contributed by atoms with Gasteiger partial charge in [0.15, 0.2) is 5.78 Å². The lowest BCUT2D eigenvalue weighted by Crippen LogP contribution is -2.11. The molecule has 0 bridgehead atoms. The number of hydrogen-bond donors (Lipinski definition) is 0. The van der Waals surface area contributed by atoms with Gasteiger partial charge in [-0.05, 0) is 12.8 Å². The summed E-state index contributed by atoms with van der Waals surface area (Å²) < 4.78 is 0. The summed E-state index contributed by atoms with van der Waals surface area (Å²) in [4.78, 5) is 13.2. The smallest absolute Gasteiger partial charge is 0.157 e.